The zero-order valence-corrected chi connectivity index (χ0v) is 19.9. The summed E-state index contributed by atoms with van der Waals surface area (Å²) in [5, 5.41) is 17.9. The molecule has 1 aromatic heterocycles. The predicted molar refractivity (Wildman–Crippen MR) is 139 cm³/mol. The first kappa shape index (κ1) is 24.0. The molecule has 0 spiro atoms. The number of carbonyl (C=O) groups excluding carboxylic acids is 1. The Morgan fingerprint density at radius 2 is 1.66 bits per heavy atom. The number of carboxylic acid groups (broad SMARTS) is 1. The van der Waals surface area contributed by atoms with Crippen molar-refractivity contribution >= 4 is 28.3 Å². The molecular formula is C29H29N3O3. The third-order valence-electron chi connectivity index (χ3n) is 5.90. The maximum Gasteiger partial charge on any atom is 0.326 e. The molecule has 4 aromatic rings. The van der Waals surface area contributed by atoms with E-state index >= 15 is 0 Å². The van der Waals surface area contributed by atoms with E-state index in [1.807, 2.05) is 80.6 Å². The number of benzene rings is 3. The summed E-state index contributed by atoms with van der Waals surface area (Å²) in [7, 11) is 0. The Morgan fingerprint density at radius 3 is 2.40 bits per heavy atom. The van der Waals surface area contributed by atoms with E-state index in [4.69, 9.17) is 0 Å². The standard InChI is InChI=1S/C29H29N3O3/c1-19(2)16-27(29(34)35)32-28(33)25-11-10-22(31-18-20-12-14-30-15-13-20)17-26(25)24-9-5-7-21-6-3-4-8-23(21)24/h3-15,17,19,27,31H,16,18H2,1-2H3,(H,32,33)(H,34,35). The third-order valence-corrected chi connectivity index (χ3v) is 5.90. The van der Waals surface area contributed by atoms with E-state index in [0.29, 0.717) is 18.5 Å². The van der Waals surface area contributed by atoms with Crippen molar-refractivity contribution < 1.29 is 14.7 Å². The molecule has 3 N–H and O–H groups in total. The highest BCUT2D eigenvalue weighted by atomic mass is 16.4. The van der Waals surface area contributed by atoms with Crippen LogP contribution in [0.5, 0.6) is 0 Å². The molecule has 0 fully saturated rings. The van der Waals surface area contributed by atoms with Crippen LogP contribution in [0.1, 0.15) is 36.2 Å². The fourth-order valence-electron chi connectivity index (χ4n) is 4.17. The first-order valence-corrected chi connectivity index (χ1v) is 11.7. The normalized spacial score (nSPS) is 11.9. The molecule has 1 unspecified atom stereocenters. The molecule has 0 radical (unpaired) electrons. The average molecular weight is 468 g/mol. The molecule has 0 saturated carbocycles. The molecule has 6 heteroatoms. The second-order valence-corrected chi connectivity index (χ2v) is 8.99. The number of nitrogens with zero attached hydrogens (tertiary/aromatic N) is 1. The summed E-state index contributed by atoms with van der Waals surface area (Å²) in [4.78, 5) is 29.2. The molecule has 0 aliphatic heterocycles. The summed E-state index contributed by atoms with van der Waals surface area (Å²) < 4.78 is 0. The van der Waals surface area contributed by atoms with Crippen molar-refractivity contribution in [2.75, 3.05) is 5.32 Å². The van der Waals surface area contributed by atoms with Gasteiger partial charge in [0.05, 0.1) is 0 Å². The number of aromatic nitrogens is 1. The van der Waals surface area contributed by atoms with Gasteiger partial charge in [0.15, 0.2) is 0 Å². The van der Waals surface area contributed by atoms with E-state index < -0.39 is 17.9 Å². The zero-order chi connectivity index (χ0) is 24.8. The number of carbonyl (C=O) groups is 2. The lowest BCUT2D eigenvalue weighted by Crippen LogP contribution is -2.41. The molecule has 3 aromatic carbocycles. The average Bonchev–Trinajstić information content (AvgIpc) is 2.87. The molecule has 35 heavy (non-hydrogen) atoms. The largest absolute Gasteiger partial charge is 0.480 e. The minimum Gasteiger partial charge on any atom is -0.480 e. The van der Waals surface area contributed by atoms with Gasteiger partial charge in [-0.2, -0.15) is 0 Å². The van der Waals surface area contributed by atoms with Crippen LogP contribution >= 0.6 is 0 Å². The highest BCUT2D eigenvalue weighted by molar-refractivity contribution is 6.07. The number of amides is 1. The van der Waals surface area contributed by atoms with Crippen LogP contribution in [-0.2, 0) is 11.3 Å². The van der Waals surface area contributed by atoms with E-state index in [9.17, 15) is 14.7 Å². The molecule has 178 valence electrons. The van der Waals surface area contributed by atoms with Crippen molar-refractivity contribution in [2.24, 2.45) is 5.92 Å². The van der Waals surface area contributed by atoms with E-state index in [1.54, 1.807) is 18.5 Å². The topological polar surface area (TPSA) is 91.3 Å². The van der Waals surface area contributed by atoms with Crippen molar-refractivity contribution in [2.45, 2.75) is 32.9 Å². The Bertz CT molecular complexity index is 1330. The van der Waals surface area contributed by atoms with Gasteiger partial charge in [-0.1, -0.05) is 56.3 Å². The molecule has 0 saturated heterocycles. The summed E-state index contributed by atoms with van der Waals surface area (Å²) in [6.45, 7) is 4.48. The predicted octanol–water partition coefficient (Wildman–Crippen LogP) is 5.74. The summed E-state index contributed by atoms with van der Waals surface area (Å²) in [6.07, 6.45) is 3.86. The lowest BCUT2D eigenvalue weighted by Gasteiger charge is -2.19. The number of hydrogen-bond donors (Lipinski definition) is 3. The Balaban J connectivity index is 1.74. The second kappa shape index (κ2) is 10.8. The molecule has 0 bridgehead atoms. The molecule has 4 rings (SSSR count). The number of carboxylic acids is 1. The minimum absolute atomic E-state index is 0.133. The van der Waals surface area contributed by atoms with Gasteiger partial charge < -0.3 is 15.7 Å². The van der Waals surface area contributed by atoms with Crippen LogP contribution in [0, 0.1) is 5.92 Å². The Labute approximate surface area is 205 Å². The summed E-state index contributed by atoms with van der Waals surface area (Å²) >= 11 is 0. The van der Waals surface area contributed by atoms with E-state index in [2.05, 4.69) is 15.6 Å². The maximum atomic E-state index is 13.4. The number of rotatable bonds is 9. The summed E-state index contributed by atoms with van der Waals surface area (Å²) in [5.41, 5.74) is 4.04. The van der Waals surface area contributed by atoms with Crippen LogP contribution in [0.25, 0.3) is 21.9 Å². The van der Waals surface area contributed by atoms with Gasteiger partial charge >= 0.3 is 5.97 Å². The van der Waals surface area contributed by atoms with Crippen molar-refractivity contribution in [1.29, 1.82) is 0 Å². The molecule has 1 amide bonds. The SMILES string of the molecule is CC(C)CC(NC(=O)c1ccc(NCc2ccncc2)cc1-c1cccc2ccccc12)C(=O)O. The lowest BCUT2D eigenvalue weighted by atomic mass is 9.93. The quantitative estimate of drug-likeness (QED) is 0.292. The van der Waals surface area contributed by atoms with E-state index in [1.165, 1.54) is 0 Å². The Kier molecular flexibility index (Phi) is 7.41. The maximum absolute atomic E-state index is 13.4. The fraction of sp³-hybridized carbons (Fsp3) is 0.207. The van der Waals surface area contributed by atoms with Crippen molar-refractivity contribution in [3.05, 3.63) is 96.3 Å². The van der Waals surface area contributed by atoms with Crippen LogP contribution in [0.15, 0.2) is 85.2 Å². The highest BCUT2D eigenvalue weighted by Crippen LogP contribution is 2.33. The van der Waals surface area contributed by atoms with Crippen molar-refractivity contribution in [3.8, 4) is 11.1 Å². The number of hydrogen-bond acceptors (Lipinski definition) is 4. The lowest BCUT2D eigenvalue weighted by molar-refractivity contribution is -0.139. The smallest absolute Gasteiger partial charge is 0.326 e. The minimum atomic E-state index is -1.03. The summed E-state index contributed by atoms with van der Waals surface area (Å²) in [5.74, 6) is -1.30. The number of anilines is 1. The first-order valence-electron chi connectivity index (χ1n) is 11.7. The van der Waals surface area contributed by atoms with Crippen molar-refractivity contribution in [3.63, 3.8) is 0 Å². The Morgan fingerprint density at radius 1 is 0.914 bits per heavy atom. The molecule has 0 aliphatic carbocycles. The van der Waals surface area contributed by atoms with Gasteiger partial charge in [0.25, 0.3) is 5.91 Å². The molecule has 1 atom stereocenters. The van der Waals surface area contributed by atoms with Gasteiger partial charge in [-0.25, -0.2) is 4.79 Å². The van der Waals surface area contributed by atoms with Crippen LogP contribution in [0.4, 0.5) is 5.69 Å². The number of nitrogens with one attached hydrogen (secondary N) is 2. The van der Waals surface area contributed by atoms with Crippen LogP contribution in [-0.4, -0.2) is 28.0 Å². The zero-order valence-electron chi connectivity index (χ0n) is 19.9. The molecular weight excluding hydrogens is 438 g/mol. The number of aliphatic carboxylic acids is 1. The molecule has 0 aliphatic rings. The van der Waals surface area contributed by atoms with Gasteiger partial charge in [0.2, 0.25) is 0 Å². The molecule has 1 heterocycles. The highest BCUT2D eigenvalue weighted by Gasteiger charge is 2.24. The number of pyridine rings is 1. The Hall–Kier alpha value is -4.19. The van der Waals surface area contributed by atoms with Gasteiger partial charge in [-0.05, 0) is 70.1 Å². The second-order valence-electron chi connectivity index (χ2n) is 8.99. The van der Waals surface area contributed by atoms with Gasteiger partial charge in [0.1, 0.15) is 6.04 Å². The van der Waals surface area contributed by atoms with Crippen LogP contribution in [0.3, 0.4) is 0 Å². The van der Waals surface area contributed by atoms with E-state index in [0.717, 1.165) is 33.2 Å². The first-order chi connectivity index (χ1) is 16.9. The monoisotopic (exact) mass is 467 g/mol. The van der Waals surface area contributed by atoms with Gasteiger partial charge in [0, 0.05) is 30.2 Å². The van der Waals surface area contributed by atoms with E-state index in [-0.39, 0.29) is 5.92 Å². The van der Waals surface area contributed by atoms with Gasteiger partial charge in [-0.15, -0.1) is 0 Å². The van der Waals surface area contributed by atoms with Gasteiger partial charge in [-0.3, -0.25) is 9.78 Å². The molecule has 6 nitrogen and oxygen atoms in total. The number of fused-ring (bicyclic) bond motifs is 1. The van der Waals surface area contributed by atoms with Crippen LogP contribution in [0.2, 0.25) is 0 Å². The van der Waals surface area contributed by atoms with Crippen LogP contribution < -0.4 is 10.6 Å². The fourth-order valence-corrected chi connectivity index (χ4v) is 4.17. The van der Waals surface area contributed by atoms with Crippen molar-refractivity contribution in [1.82, 2.24) is 10.3 Å². The third kappa shape index (κ3) is 5.84. The summed E-state index contributed by atoms with van der Waals surface area (Å²) in [6, 6.07) is 22.5.